The number of carbonyl (C=O) groups excluding carboxylic acids is 1. The fourth-order valence-corrected chi connectivity index (χ4v) is 6.45. The predicted molar refractivity (Wildman–Crippen MR) is 145 cm³/mol. The van der Waals surface area contributed by atoms with E-state index in [9.17, 15) is 22.8 Å². The maximum absolute atomic E-state index is 13.1. The number of pyridine rings is 1. The molecule has 0 atom stereocenters. The predicted octanol–water partition coefficient (Wildman–Crippen LogP) is 2.35. The number of halogens is 1. The van der Waals surface area contributed by atoms with Crippen LogP contribution in [0.4, 0.5) is 5.69 Å². The lowest BCUT2D eigenvalue weighted by Crippen LogP contribution is -2.34. The van der Waals surface area contributed by atoms with Crippen molar-refractivity contribution in [1.29, 1.82) is 0 Å². The number of sulfone groups is 1. The van der Waals surface area contributed by atoms with E-state index in [0.717, 1.165) is 28.1 Å². The Labute approximate surface area is 221 Å². The molecule has 194 valence electrons. The zero-order valence-corrected chi connectivity index (χ0v) is 22.4. The lowest BCUT2D eigenvalue weighted by molar-refractivity contribution is -0.116. The Balaban J connectivity index is 1.51. The number of likely N-dealkylation sites (N-methyl/N-ethyl adjacent to an activating group) is 1. The molecule has 0 unspecified atom stereocenters. The summed E-state index contributed by atoms with van der Waals surface area (Å²) in [5.74, 6) is -1.10. The van der Waals surface area contributed by atoms with E-state index in [0.29, 0.717) is 27.3 Å². The van der Waals surface area contributed by atoms with Gasteiger partial charge in [0.25, 0.3) is 5.56 Å². The second-order valence-corrected chi connectivity index (χ2v) is 12.6. The summed E-state index contributed by atoms with van der Waals surface area (Å²) < 4.78 is 26.1. The van der Waals surface area contributed by atoms with Crippen LogP contribution in [0.2, 0.25) is 4.34 Å². The highest BCUT2D eigenvalue weighted by Gasteiger charge is 2.21. The number of rotatable bonds is 10. The molecule has 0 spiro atoms. The molecule has 0 amide bonds. The Morgan fingerprint density at radius 3 is 2.59 bits per heavy atom. The molecule has 0 saturated heterocycles. The van der Waals surface area contributed by atoms with Gasteiger partial charge in [0.15, 0.2) is 15.6 Å². The summed E-state index contributed by atoms with van der Waals surface area (Å²) >= 11 is 6.69. The van der Waals surface area contributed by atoms with Gasteiger partial charge in [0.1, 0.15) is 15.8 Å². The number of aromatic nitrogens is 3. The van der Waals surface area contributed by atoms with Crippen LogP contribution in [0.3, 0.4) is 0 Å². The molecule has 0 aliphatic rings. The number of fused-ring (bicyclic) bond motifs is 1. The summed E-state index contributed by atoms with van der Waals surface area (Å²) in [5.41, 5.74) is 0.442. The smallest absolute Gasteiger partial charge is 0.334 e. The van der Waals surface area contributed by atoms with Crippen molar-refractivity contribution in [1.82, 2.24) is 19.4 Å². The quantitative estimate of drug-likeness (QED) is 0.301. The van der Waals surface area contributed by atoms with Crippen molar-refractivity contribution in [2.45, 2.75) is 10.6 Å². The number of anilines is 1. The average molecular weight is 562 g/mol. The monoisotopic (exact) mass is 561 g/mol. The Morgan fingerprint density at radius 1 is 1.16 bits per heavy atom. The number of hydrogen-bond acceptors (Lipinski definition) is 9. The maximum Gasteiger partial charge on any atom is 0.334 e. The first-order valence-corrected chi connectivity index (χ1v) is 14.0. The summed E-state index contributed by atoms with van der Waals surface area (Å²) in [7, 11) is 0.145. The van der Waals surface area contributed by atoms with Crippen LogP contribution < -0.4 is 16.6 Å². The minimum absolute atomic E-state index is 0.0330. The number of hydrogen-bond donors (Lipinski definition) is 2. The van der Waals surface area contributed by atoms with Gasteiger partial charge in [0, 0.05) is 31.4 Å². The third-order valence-corrected chi connectivity index (χ3v) is 8.92. The van der Waals surface area contributed by atoms with Crippen LogP contribution in [-0.2, 0) is 21.1 Å². The van der Waals surface area contributed by atoms with Gasteiger partial charge in [0.2, 0.25) is 0 Å². The molecule has 3 aromatic heterocycles. The molecule has 4 aromatic rings. The topological polar surface area (TPSA) is 134 Å². The Morgan fingerprint density at radius 2 is 1.95 bits per heavy atom. The maximum atomic E-state index is 13.1. The molecule has 0 bridgehead atoms. The molecule has 2 N–H and O–H groups in total. The lowest BCUT2D eigenvalue weighted by atomic mass is 10.1. The number of H-pyrrole nitrogens is 1. The van der Waals surface area contributed by atoms with E-state index in [1.165, 1.54) is 30.5 Å². The standard InChI is InChI=1S/C24H24ClN5O5S2/c1-29(2)10-9-26-16-4-5-18-19(12-16)28-24(33)30(23(18)32)21-7-3-15(13-27-21)11-17(31)14-37(34,35)22-8-6-20(25)36-22/h3-8,12-13,26H,9-11,14H2,1-2H3,(H,28,33). The van der Waals surface area contributed by atoms with Crippen LogP contribution in [0.15, 0.2) is 62.5 Å². The van der Waals surface area contributed by atoms with Crippen molar-refractivity contribution >= 4 is 55.1 Å². The van der Waals surface area contributed by atoms with Gasteiger partial charge in [-0.1, -0.05) is 17.7 Å². The highest BCUT2D eigenvalue weighted by Crippen LogP contribution is 2.26. The summed E-state index contributed by atoms with van der Waals surface area (Å²) in [4.78, 5) is 47.1. The highest BCUT2D eigenvalue weighted by atomic mass is 35.5. The van der Waals surface area contributed by atoms with E-state index in [1.807, 2.05) is 19.0 Å². The molecule has 10 nitrogen and oxygen atoms in total. The number of nitrogens with one attached hydrogen (secondary N) is 2. The Hall–Kier alpha value is -3.32. The molecule has 0 radical (unpaired) electrons. The molecular weight excluding hydrogens is 538 g/mol. The van der Waals surface area contributed by atoms with Gasteiger partial charge < -0.3 is 15.2 Å². The van der Waals surface area contributed by atoms with Gasteiger partial charge in [-0.3, -0.25) is 9.59 Å². The third-order valence-electron chi connectivity index (χ3n) is 5.43. The Bertz CT molecular complexity index is 1670. The number of Topliss-reactive ketones (excluding diaryl/α,β-unsaturated/α-hetero) is 1. The normalized spacial score (nSPS) is 11.8. The van der Waals surface area contributed by atoms with E-state index in [4.69, 9.17) is 11.6 Å². The largest absolute Gasteiger partial charge is 0.384 e. The number of ketones is 1. The molecule has 0 aliphatic heterocycles. The molecule has 13 heteroatoms. The molecule has 37 heavy (non-hydrogen) atoms. The van der Waals surface area contributed by atoms with Crippen molar-refractivity contribution in [2.75, 3.05) is 38.3 Å². The minimum Gasteiger partial charge on any atom is -0.384 e. The van der Waals surface area contributed by atoms with E-state index >= 15 is 0 Å². The second kappa shape index (κ2) is 11.0. The first-order chi connectivity index (χ1) is 17.5. The fourth-order valence-electron chi connectivity index (χ4n) is 3.64. The fraction of sp³-hybridized carbons (Fsp3) is 0.250. The summed E-state index contributed by atoms with van der Waals surface area (Å²) in [6.07, 6.45) is 1.17. The third kappa shape index (κ3) is 6.34. The van der Waals surface area contributed by atoms with E-state index < -0.39 is 32.6 Å². The van der Waals surface area contributed by atoms with Crippen molar-refractivity contribution in [3.05, 3.63) is 79.4 Å². The molecular formula is C24H24ClN5O5S2. The minimum atomic E-state index is -3.79. The number of thiophene rings is 1. The van der Waals surface area contributed by atoms with Gasteiger partial charge in [-0.05, 0) is 56.1 Å². The van der Waals surface area contributed by atoms with Crippen molar-refractivity contribution in [3.8, 4) is 5.82 Å². The van der Waals surface area contributed by atoms with Crippen LogP contribution in [-0.4, -0.2) is 66.6 Å². The van der Waals surface area contributed by atoms with Gasteiger partial charge in [-0.15, -0.1) is 11.3 Å². The average Bonchev–Trinajstić information content (AvgIpc) is 3.27. The zero-order valence-electron chi connectivity index (χ0n) is 20.0. The zero-order chi connectivity index (χ0) is 26.7. The second-order valence-electron chi connectivity index (χ2n) is 8.62. The van der Waals surface area contributed by atoms with Crippen molar-refractivity contribution in [2.24, 2.45) is 0 Å². The number of aromatic amines is 1. The van der Waals surface area contributed by atoms with E-state index in [2.05, 4.69) is 15.3 Å². The molecule has 0 aliphatic carbocycles. The van der Waals surface area contributed by atoms with Gasteiger partial charge in [-0.2, -0.15) is 0 Å². The molecule has 0 fully saturated rings. The number of carbonyl (C=O) groups is 1. The highest BCUT2D eigenvalue weighted by molar-refractivity contribution is 7.94. The van der Waals surface area contributed by atoms with Crippen LogP contribution in [0, 0.1) is 0 Å². The summed E-state index contributed by atoms with van der Waals surface area (Å²) in [6, 6.07) is 10.9. The molecule has 3 heterocycles. The Kier molecular flexibility index (Phi) is 7.93. The van der Waals surface area contributed by atoms with Crippen LogP contribution in [0.1, 0.15) is 5.56 Å². The lowest BCUT2D eigenvalue weighted by Gasteiger charge is -2.12. The van der Waals surface area contributed by atoms with Gasteiger partial charge in [0.05, 0.1) is 15.2 Å². The summed E-state index contributed by atoms with van der Waals surface area (Å²) in [5, 5.41) is 3.56. The van der Waals surface area contributed by atoms with Crippen LogP contribution in [0.5, 0.6) is 0 Å². The molecule has 4 rings (SSSR count). The van der Waals surface area contributed by atoms with Crippen LogP contribution >= 0.6 is 22.9 Å². The van der Waals surface area contributed by atoms with Gasteiger partial charge >= 0.3 is 5.69 Å². The van der Waals surface area contributed by atoms with Crippen molar-refractivity contribution < 1.29 is 13.2 Å². The van der Waals surface area contributed by atoms with E-state index in [1.54, 1.807) is 18.2 Å². The molecule has 1 aromatic carbocycles. The first kappa shape index (κ1) is 26.7. The first-order valence-electron chi connectivity index (χ1n) is 11.2. The van der Waals surface area contributed by atoms with Crippen LogP contribution in [0.25, 0.3) is 16.7 Å². The summed E-state index contributed by atoms with van der Waals surface area (Å²) in [6.45, 7) is 1.52. The molecule has 0 saturated carbocycles. The number of benzene rings is 1. The van der Waals surface area contributed by atoms with Gasteiger partial charge in [-0.25, -0.2) is 22.8 Å². The van der Waals surface area contributed by atoms with Crippen molar-refractivity contribution in [3.63, 3.8) is 0 Å². The number of nitrogens with zero attached hydrogens (tertiary/aromatic N) is 3. The van der Waals surface area contributed by atoms with E-state index in [-0.39, 0.29) is 16.4 Å². The SMILES string of the molecule is CN(C)CCNc1ccc2c(=O)n(-c3ccc(CC(=O)CS(=O)(=O)c4ccc(Cl)s4)cn3)c(=O)[nH]c2c1.